The summed E-state index contributed by atoms with van der Waals surface area (Å²) in [5.74, 6) is 0.736. The van der Waals surface area contributed by atoms with Gasteiger partial charge in [0.15, 0.2) is 0 Å². The molecule has 3 heterocycles. The van der Waals surface area contributed by atoms with Crippen LogP contribution in [0.4, 0.5) is 11.5 Å². The highest BCUT2D eigenvalue weighted by Crippen LogP contribution is 2.29. The zero-order chi connectivity index (χ0) is 18.2. The number of pyridine rings is 1. The van der Waals surface area contributed by atoms with Crippen LogP contribution in [0.5, 0.6) is 0 Å². The highest BCUT2D eigenvalue weighted by molar-refractivity contribution is 6.30. The molecule has 5 nitrogen and oxygen atoms in total. The number of halogens is 1. The molecule has 3 aromatic heterocycles. The molecule has 0 amide bonds. The van der Waals surface area contributed by atoms with Gasteiger partial charge in [-0.05, 0) is 48.0 Å². The Balaban J connectivity index is 1.61. The lowest BCUT2D eigenvalue weighted by molar-refractivity contribution is 1.22. The van der Waals surface area contributed by atoms with E-state index < -0.39 is 0 Å². The van der Waals surface area contributed by atoms with Crippen LogP contribution in [0.1, 0.15) is 0 Å². The van der Waals surface area contributed by atoms with Crippen molar-refractivity contribution in [3.05, 3.63) is 78.3 Å². The molecule has 0 fully saturated rings. The van der Waals surface area contributed by atoms with Crippen LogP contribution in [0.15, 0.2) is 73.3 Å². The van der Waals surface area contributed by atoms with Gasteiger partial charge in [0.2, 0.25) is 0 Å². The van der Waals surface area contributed by atoms with Crippen LogP contribution in [-0.4, -0.2) is 19.9 Å². The lowest BCUT2D eigenvalue weighted by Gasteiger charge is -2.10. The molecule has 130 valence electrons. The van der Waals surface area contributed by atoms with Crippen molar-refractivity contribution in [3.63, 3.8) is 0 Å². The summed E-state index contributed by atoms with van der Waals surface area (Å²) < 4.78 is 0. The summed E-state index contributed by atoms with van der Waals surface area (Å²) in [6.45, 7) is 0. The number of anilines is 2. The SMILES string of the molecule is Clc1cccc(Nc2ncnc3ccc(-c4cnc5[nH]ccc5c4)cc23)c1. The second-order valence-corrected chi connectivity index (χ2v) is 6.67. The summed E-state index contributed by atoms with van der Waals surface area (Å²) in [7, 11) is 0. The normalized spacial score (nSPS) is 11.1. The van der Waals surface area contributed by atoms with Crippen molar-refractivity contribution in [3.8, 4) is 11.1 Å². The van der Waals surface area contributed by atoms with Crippen molar-refractivity contribution in [1.29, 1.82) is 0 Å². The number of rotatable bonds is 3. The quantitative estimate of drug-likeness (QED) is 0.435. The molecule has 5 aromatic rings. The molecule has 0 bridgehead atoms. The molecule has 2 aromatic carbocycles. The molecule has 27 heavy (non-hydrogen) atoms. The van der Waals surface area contributed by atoms with Crippen LogP contribution < -0.4 is 5.32 Å². The molecular formula is C21H14ClN5. The Hall–Kier alpha value is -3.44. The van der Waals surface area contributed by atoms with E-state index in [-0.39, 0.29) is 0 Å². The average molecular weight is 372 g/mol. The summed E-state index contributed by atoms with van der Waals surface area (Å²) >= 11 is 6.09. The van der Waals surface area contributed by atoms with Crippen LogP contribution in [0.25, 0.3) is 33.1 Å². The molecule has 5 rings (SSSR count). The number of H-pyrrole nitrogens is 1. The Bertz CT molecular complexity index is 1280. The van der Waals surface area contributed by atoms with Gasteiger partial charge >= 0.3 is 0 Å². The zero-order valence-electron chi connectivity index (χ0n) is 14.1. The van der Waals surface area contributed by atoms with Crippen LogP contribution >= 0.6 is 11.6 Å². The van der Waals surface area contributed by atoms with E-state index in [1.165, 1.54) is 0 Å². The lowest BCUT2D eigenvalue weighted by Crippen LogP contribution is -1.96. The minimum absolute atomic E-state index is 0.671. The van der Waals surface area contributed by atoms with Gasteiger partial charge in [0, 0.05) is 39.4 Å². The minimum atomic E-state index is 0.671. The molecule has 0 aliphatic carbocycles. The third-order valence-corrected chi connectivity index (χ3v) is 4.69. The van der Waals surface area contributed by atoms with Crippen LogP contribution in [0, 0.1) is 0 Å². The van der Waals surface area contributed by atoms with Crippen molar-refractivity contribution in [1.82, 2.24) is 19.9 Å². The Morgan fingerprint density at radius 3 is 2.78 bits per heavy atom. The molecule has 0 saturated carbocycles. The number of hydrogen-bond acceptors (Lipinski definition) is 4. The van der Waals surface area contributed by atoms with Gasteiger partial charge in [0.1, 0.15) is 17.8 Å². The topological polar surface area (TPSA) is 66.5 Å². The number of benzene rings is 2. The number of nitrogens with zero attached hydrogens (tertiary/aromatic N) is 3. The second kappa shape index (κ2) is 6.37. The molecular weight excluding hydrogens is 358 g/mol. The fourth-order valence-corrected chi connectivity index (χ4v) is 3.33. The maximum atomic E-state index is 6.09. The fourth-order valence-electron chi connectivity index (χ4n) is 3.14. The standard InChI is InChI=1S/C21H14ClN5/c22-16-2-1-3-17(10-16)27-21-18-9-13(4-5-19(18)25-12-26-21)15-8-14-6-7-23-20(14)24-11-15/h1-12H,(H,23,24)(H,25,26,27). The number of aromatic amines is 1. The first-order valence-corrected chi connectivity index (χ1v) is 8.85. The zero-order valence-corrected chi connectivity index (χ0v) is 14.9. The second-order valence-electron chi connectivity index (χ2n) is 6.23. The van der Waals surface area contributed by atoms with Gasteiger partial charge in [0.25, 0.3) is 0 Å². The summed E-state index contributed by atoms with van der Waals surface area (Å²) in [6, 6.07) is 17.8. The van der Waals surface area contributed by atoms with Gasteiger partial charge in [-0.25, -0.2) is 15.0 Å². The van der Waals surface area contributed by atoms with E-state index in [1.54, 1.807) is 6.33 Å². The number of fused-ring (bicyclic) bond motifs is 2. The number of aromatic nitrogens is 4. The lowest BCUT2D eigenvalue weighted by atomic mass is 10.0. The Morgan fingerprint density at radius 1 is 0.889 bits per heavy atom. The summed E-state index contributed by atoms with van der Waals surface area (Å²) in [5, 5.41) is 6.02. The van der Waals surface area contributed by atoms with Crippen molar-refractivity contribution >= 4 is 45.0 Å². The third kappa shape index (κ3) is 2.98. The van der Waals surface area contributed by atoms with Crippen molar-refractivity contribution in [2.75, 3.05) is 5.32 Å². The summed E-state index contributed by atoms with van der Waals surface area (Å²) in [5.41, 5.74) is 4.73. The Kier molecular flexibility index (Phi) is 3.73. The smallest absolute Gasteiger partial charge is 0.141 e. The van der Waals surface area contributed by atoms with Gasteiger partial charge < -0.3 is 10.3 Å². The highest BCUT2D eigenvalue weighted by Gasteiger charge is 2.08. The predicted molar refractivity (Wildman–Crippen MR) is 109 cm³/mol. The molecule has 0 unspecified atom stereocenters. The monoisotopic (exact) mass is 371 g/mol. The van der Waals surface area contributed by atoms with Crippen LogP contribution in [-0.2, 0) is 0 Å². The van der Waals surface area contributed by atoms with Crippen LogP contribution in [0.3, 0.4) is 0 Å². The van der Waals surface area contributed by atoms with E-state index in [0.717, 1.165) is 44.6 Å². The van der Waals surface area contributed by atoms with Gasteiger partial charge in [-0.3, -0.25) is 0 Å². The Labute approximate surface area is 160 Å². The first-order valence-electron chi connectivity index (χ1n) is 8.47. The maximum Gasteiger partial charge on any atom is 0.141 e. The molecule has 0 spiro atoms. The first-order chi connectivity index (χ1) is 13.3. The van der Waals surface area contributed by atoms with Crippen molar-refractivity contribution in [2.45, 2.75) is 0 Å². The van der Waals surface area contributed by atoms with E-state index in [1.807, 2.05) is 54.9 Å². The first kappa shape index (κ1) is 15.8. The number of hydrogen-bond donors (Lipinski definition) is 2. The van der Waals surface area contributed by atoms with E-state index in [4.69, 9.17) is 11.6 Å². The van der Waals surface area contributed by atoms with Gasteiger partial charge in [-0.1, -0.05) is 23.7 Å². The van der Waals surface area contributed by atoms with Gasteiger partial charge in [-0.2, -0.15) is 0 Å². The van der Waals surface area contributed by atoms with E-state index in [9.17, 15) is 0 Å². The molecule has 0 aliphatic rings. The van der Waals surface area contributed by atoms with Gasteiger partial charge in [0.05, 0.1) is 5.52 Å². The van der Waals surface area contributed by atoms with Crippen molar-refractivity contribution < 1.29 is 0 Å². The summed E-state index contributed by atoms with van der Waals surface area (Å²) in [4.78, 5) is 16.4. The predicted octanol–water partition coefficient (Wildman–Crippen LogP) is 5.57. The van der Waals surface area contributed by atoms with Crippen LogP contribution in [0.2, 0.25) is 5.02 Å². The van der Waals surface area contributed by atoms with Gasteiger partial charge in [-0.15, -0.1) is 0 Å². The minimum Gasteiger partial charge on any atom is -0.346 e. The highest BCUT2D eigenvalue weighted by atomic mass is 35.5. The average Bonchev–Trinajstić information content (AvgIpc) is 3.16. The van der Waals surface area contributed by atoms with Crippen molar-refractivity contribution in [2.24, 2.45) is 0 Å². The summed E-state index contributed by atoms with van der Waals surface area (Å²) in [6.07, 6.45) is 5.32. The van der Waals surface area contributed by atoms with E-state index in [2.05, 4.69) is 37.4 Å². The molecule has 0 aliphatic heterocycles. The molecule has 0 atom stereocenters. The fraction of sp³-hybridized carbons (Fsp3) is 0. The molecule has 0 saturated heterocycles. The molecule has 0 radical (unpaired) electrons. The maximum absolute atomic E-state index is 6.09. The largest absolute Gasteiger partial charge is 0.346 e. The molecule has 6 heteroatoms. The molecule has 2 N–H and O–H groups in total. The Morgan fingerprint density at radius 2 is 1.85 bits per heavy atom. The number of nitrogens with one attached hydrogen (secondary N) is 2. The third-order valence-electron chi connectivity index (χ3n) is 4.46. The van der Waals surface area contributed by atoms with E-state index in [0.29, 0.717) is 5.02 Å². The van der Waals surface area contributed by atoms with E-state index >= 15 is 0 Å².